The molecule has 0 spiro atoms. The van der Waals surface area contributed by atoms with Gasteiger partial charge in [-0.3, -0.25) is 0 Å². The van der Waals surface area contributed by atoms with E-state index in [4.69, 9.17) is 28.9 Å². The molecule has 1 aliphatic rings. The molecule has 1 atom stereocenters. The molecule has 1 saturated heterocycles. The van der Waals surface area contributed by atoms with Gasteiger partial charge in [-0.05, 0) is 37.0 Å². The molecule has 3 rings (SSSR count). The van der Waals surface area contributed by atoms with E-state index in [2.05, 4.69) is 27.1 Å². The average Bonchev–Trinajstić information content (AvgIpc) is 2.53. The molecule has 0 bridgehead atoms. The second-order valence-electron chi connectivity index (χ2n) is 5.90. The topological polar surface area (TPSA) is 67.1 Å². The van der Waals surface area contributed by atoms with Gasteiger partial charge in [-0.25, -0.2) is 9.97 Å². The second-order valence-corrected chi connectivity index (χ2v) is 6.75. The number of nitrogens with two attached hydrogens (primary N) is 1. The van der Waals surface area contributed by atoms with E-state index in [1.165, 1.54) is 12.7 Å². The third kappa shape index (κ3) is 3.62. The number of nitrogen functional groups attached to an aromatic ring is 1. The highest BCUT2D eigenvalue weighted by atomic mass is 35.5. The van der Waals surface area contributed by atoms with Gasteiger partial charge in [0.1, 0.15) is 12.0 Å². The van der Waals surface area contributed by atoms with Crippen LogP contribution in [0.3, 0.4) is 0 Å². The van der Waals surface area contributed by atoms with Crippen LogP contribution in [0, 0.1) is 5.92 Å². The van der Waals surface area contributed by atoms with Gasteiger partial charge in [0.05, 0.1) is 10.7 Å². The Morgan fingerprint density at radius 1 is 1.30 bits per heavy atom. The molecule has 0 amide bonds. The predicted molar refractivity (Wildman–Crippen MR) is 96.8 cm³/mol. The third-order valence-corrected chi connectivity index (χ3v) is 4.57. The maximum atomic E-state index is 6.29. The molecule has 1 fully saturated rings. The van der Waals surface area contributed by atoms with E-state index in [0.29, 0.717) is 33.2 Å². The standard InChI is InChI=1S/C16H19Cl2N5/c1-10-3-2-6-23(8-10)16-14(19)15(20-9-21-16)22-13-7-11(17)4-5-12(13)18/h4-5,7,9-10H,2-3,6,8,19H2,1H3,(H,20,21,22). The van der Waals surface area contributed by atoms with Gasteiger partial charge in [0.15, 0.2) is 11.6 Å². The number of rotatable bonds is 3. The Morgan fingerprint density at radius 3 is 2.91 bits per heavy atom. The van der Waals surface area contributed by atoms with Crippen LogP contribution in [0.15, 0.2) is 24.5 Å². The molecule has 0 aliphatic carbocycles. The highest BCUT2D eigenvalue weighted by molar-refractivity contribution is 6.35. The number of nitrogens with zero attached hydrogens (tertiary/aromatic N) is 3. The fraction of sp³-hybridized carbons (Fsp3) is 0.375. The minimum atomic E-state index is 0.526. The van der Waals surface area contributed by atoms with Crippen molar-refractivity contribution < 1.29 is 0 Å². The molecule has 23 heavy (non-hydrogen) atoms. The largest absolute Gasteiger partial charge is 0.393 e. The van der Waals surface area contributed by atoms with E-state index >= 15 is 0 Å². The maximum Gasteiger partial charge on any atom is 0.159 e. The zero-order chi connectivity index (χ0) is 16.4. The molecule has 1 unspecified atom stereocenters. The van der Waals surface area contributed by atoms with Crippen molar-refractivity contribution in [1.29, 1.82) is 0 Å². The first-order chi connectivity index (χ1) is 11.0. The van der Waals surface area contributed by atoms with Crippen molar-refractivity contribution in [1.82, 2.24) is 9.97 Å². The summed E-state index contributed by atoms with van der Waals surface area (Å²) in [6.45, 7) is 4.16. The molecule has 2 aromatic rings. The number of anilines is 4. The number of halogens is 2. The molecule has 0 saturated carbocycles. The smallest absolute Gasteiger partial charge is 0.159 e. The van der Waals surface area contributed by atoms with Crippen LogP contribution in [0.5, 0.6) is 0 Å². The molecule has 3 N–H and O–H groups in total. The minimum Gasteiger partial charge on any atom is -0.393 e. The van der Waals surface area contributed by atoms with Crippen molar-refractivity contribution in [2.24, 2.45) is 5.92 Å². The Balaban J connectivity index is 1.89. The summed E-state index contributed by atoms with van der Waals surface area (Å²) in [4.78, 5) is 10.8. The lowest BCUT2D eigenvalue weighted by atomic mass is 10.0. The van der Waals surface area contributed by atoms with Gasteiger partial charge >= 0.3 is 0 Å². The van der Waals surface area contributed by atoms with Gasteiger partial charge in [-0.2, -0.15) is 0 Å². The second kappa shape index (κ2) is 6.81. The van der Waals surface area contributed by atoms with E-state index in [-0.39, 0.29) is 0 Å². The van der Waals surface area contributed by atoms with E-state index in [0.717, 1.165) is 25.3 Å². The summed E-state index contributed by atoms with van der Waals surface area (Å²) in [6, 6.07) is 5.21. The first-order valence-corrected chi connectivity index (χ1v) is 8.37. The Bertz CT molecular complexity index is 707. The molecule has 1 aromatic carbocycles. The molecule has 1 aliphatic heterocycles. The molecule has 2 heterocycles. The molecular formula is C16H19Cl2N5. The van der Waals surface area contributed by atoms with Crippen LogP contribution in [0.25, 0.3) is 0 Å². The summed E-state index contributed by atoms with van der Waals surface area (Å²) < 4.78 is 0. The minimum absolute atomic E-state index is 0.526. The summed E-state index contributed by atoms with van der Waals surface area (Å²) >= 11 is 12.2. The zero-order valence-electron chi connectivity index (χ0n) is 12.9. The van der Waals surface area contributed by atoms with Crippen LogP contribution in [0.1, 0.15) is 19.8 Å². The predicted octanol–water partition coefficient (Wildman–Crippen LogP) is 4.35. The van der Waals surface area contributed by atoms with E-state index in [1.54, 1.807) is 18.2 Å². The van der Waals surface area contributed by atoms with Crippen LogP contribution in [-0.4, -0.2) is 23.1 Å². The molecule has 5 nitrogen and oxygen atoms in total. The molecule has 1 aromatic heterocycles. The highest BCUT2D eigenvalue weighted by Crippen LogP contribution is 2.33. The van der Waals surface area contributed by atoms with Gasteiger partial charge in [-0.15, -0.1) is 0 Å². The number of nitrogens with one attached hydrogen (secondary N) is 1. The van der Waals surface area contributed by atoms with E-state index in [9.17, 15) is 0 Å². The zero-order valence-corrected chi connectivity index (χ0v) is 14.4. The quantitative estimate of drug-likeness (QED) is 0.860. The van der Waals surface area contributed by atoms with Crippen molar-refractivity contribution in [3.63, 3.8) is 0 Å². The molecule has 0 radical (unpaired) electrons. The average molecular weight is 352 g/mol. The highest BCUT2D eigenvalue weighted by Gasteiger charge is 2.21. The first kappa shape index (κ1) is 16.1. The first-order valence-electron chi connectivity index (χ1n) is 7.62. The number of hydrogen-bond donors (Lipinski definition) is 2. The summed E-state index contributed by atoms with van der Waals surface area (Å²) in [7, 11) is 0. The van der Waals surface area contributed by atoms with Crippen molar-refractivity contribution in [3.8, 4) is 0 Å². The van der Waals surface area contributed by atoms with E-state index < -0.39 is 0 Å². The van der Waals surface area contributed by atoms with Crippen molar-refractivity contribution in [2.45, 2.75) is 19.8 Å². The van der Waals surface area contributed by atoms with Crippen molar-refractivity contribution in [3.05, 3.63) is 34.6 Å². The van der Waals surface area contributed by atoms with Gasteiger partial charge in [0, 0.05) is 18.1 Å². The van der Waals surface area contributed by atoms with Crippen LogP contribution < -0.4 is 16.0 Å². The van der Waals surface area contributed by atoms with Crippen LogP contribution >= 0.6 is 23.2 Å². The number of piperidine rings is 1. The van der Waals surface area contributed by atoms with E-state index in [1.807, 2.05) is 0 Å². The number of hydrogen-bond acceptors (Lipinski definition) is 5. The monoisotopic (exact) mass is 351 g/mol. The van der Waals surface area contributed by atoms with Crippen LogP contribution in [0.4, 0.5) is 23.0 Å². The van der Waals surface area contributed by atoms with Crippen LogP contribution in [-0.2, 0) is 0 Å². The number of aromatic nitrogens is 2. The third-order valence-electron chi connectivity index (χ3n) is 4.00. The fourth-order valence-electron chi connectivity index (χ4n) is 2.84. The van der Waals surface area contributed by atoms with Gasteiger partial charge in [0.25, 0.3) is 0 Å². The Labute approximate surface area is 145 Å². The molecular weight excluding hydrogens is 333 g/mol. The lowest BCUT2D eigenvalue weighted by Gasteiger charge is -2.32. The summed E-state index contributed by atoms with van der Waals surface area (Å²) in [5.74, 6) is 1.95. The Kier molecular flexibility index (Phi) is 4.78. The van der Waals surface area contributed by atoms with Crippen molar-refractivity contribution in [2.75, 3.05) is 29.0 Å². The summed E-state index contributed by atoms with van der Waals surface area (Å²) in [6.07, 6.45) is 3.91. The molecule has 7 heteroatoms. The Morgan fingerprint density at radius 2 is 2.13 bits per heavy atom. The normalized spacial score (nSPS) is 18.0. The van der Waals surface area contributed by atoms with Crippen LogP contribution in [0.2, 0.25) is 10.0 Å². The van der Waals surface area contributed by atoms with Gasteiger partial charge in [0.2, 0.25) is 0 Å². The summed E-state index contributed by atoms with van der Waals surface area (Å²) in [5.41, 5.74) is 7.48. The maximum absolute atomic E-state index is 6.29. The SMILES string of the molecule is CC1CCCN(c2ncnc(Nc3cc(Cl)ccc3Cl)c2N)C1. The van der Waals surface area contributed by atoms with Gasteiger partial charge in [-0.1, -0.05) is 30.1 Å². The number of benzene rings is 1. The summed E-state index contributed by atoms with van der Waals surface area (Å²) in [5, 5.41) is 4.30. The van der Waals surface area contributed by atoms with Crippen molar-refractivity contribution >= 4 is 46.2 Å². The lowest BCUT2D eigenvalue weighted by molar-refractivity contribution is 0.445. The Hall–Kier alpha value is -1.72. The lowest BCUT2D eigenvalue weighted by Crippen LogP contribution is -2.35. The fourth-order valence-corrected chi connectivity index (χ4v) is 3.18. The van der Waals surface area contributed by atoms with Gasteiger partial charge < -0.3 is 16.0 Å². The molecule has 122 valence electrons.